The van der Waals surface area contributed by atoms with Gasteiger partial charge in [0.25, 0.3) is 11.8 Å². The zero-order chi connectivity index (χ0) is 17.1. The summed E-state index contributed by atoms with van der Waals surface area (Å²) in [5.74, 6) is 0.988. The van der Waals surface area contributed by atoms with Crippen LogP contribution in [0.5, 0.6) is 0 Å². The SMILES string of the molecule is CCSc1ccccc1C(=O)Nc1nnc(-c2sc(C)nc2C)o1. The van der Waals surface area contributed by atoms with Crippen molar-refractivity contribution in [2.45, 2.75) is 25.7 Å². The lowest BCUT2D eigenvalue weighted by Gasteiger charge is -2.06. The third kappa shape index (κ3) is 3.49. The molecule has 0 aliphatic rings. The lowest BCUT2D eigenvalue weighted by molar-refractivity contribution is 0.102. The molecule has 1 N–H and O–H groups in total. The van der Waals surface area contributed by atoms with Crippen molar-refractivity contribution < 1.29 is 9.21 Å². The standard InChI is InChI=1S/C16H16N4O2S2/c1-4-23-12-8-6-5-7-11(12)14(21)18-16-20-19-15(22-16)13-9(2)17-10(3)24-13/h5-8H,4H2,1-3H3,(H,18,20,21). The molecule has 0 fully saturated rings. The highest BCUT2D eigenvalue weighted by Gasteiger charge is 2.18. The van der Waals surface area contributed by atoms with Gasteiger partial charge in [0.1, 0.15) is 4.88 Å². The number of thiazole rings is 1. The minimum atomic E-state index is -0.265. The van der Waals surface area contributed by atoms with E-state index in [2.05, 4.69) is 20.5 Å². The number of anilines is 1. The molecule has 0 saturated carbocycles. The van der Waals surface area contributed by atoms with Gasteiger partial charge in [-0.05, 0) is 31.7 Å². The quantitative estimate of drug-likeness (QED) is 0.688. The molecule has 0 bridgehead atoms. The smallest absolute Gasteiger partial charge is 0.322 e. The van der Waals surface area contributed by atoms with Gasteiger partial charge in [-0.2, -0.15) is 0 Å². The van der Waals surface area contributed by atoms with Gasteiger partial charge < -0.3 is 4.42 Å². The molecule has 124 valence electrons. The molecular formula is C16H16N4O2S2. The molecule has 1 amide bonds. The van der Waals surface area contributed by atoms with E-state index in [-0.39, 0.29) is 11.9 Å². The number of thioether (sulfide) groups is 1. The second-order valence-electron chi connectivity index (χ2n) is 4.94. The molecule has 1 aromatic carbocycles. The van der Waals surface area contributed by atoms with Crippen molar-refractivity contribution in [3.8, 4) is 10.8 Å². The van der Waals surface area contributed by atoms with Crippen LogP contribution in [0, 0.1) is 13.8 Å². The Hall–Kier alpha value is -2.19. The second kappa shape index (κ2) is 7.14. The van der Waals surface area contributed by atoms with E-state index in [0.717, 1.165) is 26.2 Å². The van der Waals surface area contributed by atoms with Gasteiger partial charge in [-0.15, -0.1) is 28.2 Å². The van der Waals surface area contributed by atoms with Gasteiger partial charge in [0, 0.05) is 4.90 Å². The van der Waals surface area contributed by atoms with Gasteiger partial charge in [-0.25, -0.2) is 4.98 Å². The maximum atomic E-state index is 12.5. The van der Waals surface area contributed by atoms with Gasteiger partial charge in [0.15, 0.2) is 0 Å². The molecule has 24 heavy (non-hydrogen) atoms. The van der Waals surface area contributed by atoms with E-state index in [1.54, 1.807) is 17.8 Å². The van der Waals surface area contributed by atoms with Crippen molar-refractivity contribution in [1.82, 2.24) is 15.2 Å². The van der Waals surface area contributed by atoms with E-state index < -0.39 is 0 Å². The molecule has 6 nitrogen and oxygen atoms in total. The highest BCUT2D eigenvalue weighted by atomic mass is 32.2. The van der Waals surface area contributed by atoms with E-state index in [1.165, 1.54) is 11.3 Å². The van der Waals surface area contributed by atoms with Crippen molar-refractivity contribution in [3.63, 3.8) is 0 Å². The molecular weight excluding hydrogens is 344 g/mol. The molecule has 0 unspecified atom stereocenters. The third-order valence-electron chi connectivity index (χ3n) is 3.17. The molecule has 3 rings (SSSR count). The van der Waals surface area contributed by atoms with E-state index in [1.807, 2.05) is 39.0 Å². The van der Waals surface area contributed by atoms with Crippen molar-refractivity contribution in [3.05, 3.63) is 40.5 Å². The average Bonchev–Trinajstić information content (AvgIpc) is 3.14. The Labute approximate surface area is 147 Å². The Kier molecular flexibility index (Phi) is 4.96. The van der Waals surface area contributed by atoms with Crippen LogP contribution in [0.1, 0.15) is 28.0 Å². The summed E-state index contributed by atoms with van der Waals surface area (Å²) in [6.07, 6.45) is 0. The van der Waals surface area contributed by atoms with E-state index in [0.29, 0.717) is 11.5 Å². The van der Waals surface area contributed by atoms with Gasteiger partial charge >= 0.3 is 6.01 Å². The molecule has 3 aromatic rings. The summed E-state index contributed by atoms with van der Waals surface area (Å²) in [4.78, 5) is 18.5. The maximum absolute atomic E-state index is 12.5. The fourth-order valence-corrected chi connectivity index (χ4v) is 3.84. The van der Waals surface area contributed by atoms with Crippen LogP contribution in [0.2, 0.25) is 0 Å². The molecule has 0 aliphatic carbocycles. The van der Waals surface area contributed by atoms with E-state index >= 15 is 0 Å². The van der Waals surface area contributed by atoms with Crippen LogP contribution < -0.4 is 5.32 Å². The lowest BCUT2D eigenvalue weighted by atomic mass is 10.2. The zero-order valence-electron chi connectivity index (χ0n) is 13.5. The third-order valence-corrected chi connectivity index (χ3v) is 5.19. The van der Waals surface area contributed by atoms with Crippen LogP contribution in [-0.2, 0) is 0 Å². The Morgan fingerprint density at radius 1 is 1.29 bits per heavy atom. The van der Waals surface area contributed by atoms with Crippen LogP contribution in [0.25, 0.3) is 10.8 Å². The fourth-order valence-electron chi connectivity index (χ4n) is 2.20. The normalized spacial score (nSPS) is 10.8. The van der Waals surface area contributed by atoms with Gasteiger partial charge in [-0.1, -0.05) is 24.2 Å². The summed E-state index contributed by atoms with van der Waals surface area (Å²) >= 11 is 3.10. The molecule has 2 heterocycles. The summed E-state index contributed by atoms with van der Waals surface area (Å²) in [6.45, 7) is 5.85. The average molecular weight is 360 g/mol. The van der Waals surface area contributed by atoms with Crippen molar-refractivity contribution in [2.24, 2.45) is 0 Å². The number of hydrogen-bond acceptors (Lipinski definition) is 7. The first-order valence-corrected chi connectivity index (χ1v) is 9.19. The molecule has 0 saturated heterocycles. The Bertz CT molecular complexity index is 873. The van der Waals surface area contributed by atoms with E-state index in [9.17, 15) is 4.79 Å². The number of aryl methyl sites for hydroxylation is 2. The maximum Gasteiger partial charge on any atom is 0.322 e. The van der Waals surface area contributed by atoms with Crippen LogP contribution in [0.3, 0.4) is 0 Å². The topological polar surface area (TPSA) is 80.9 Å². The molecule has 0 aliphatic heterocycles. The van der Waals surface area contributed by atoms with Crippen molar-refractivity contribution >= 4 is 35.0 Å². The predicted octanol–water partition coefficient (Wildman–Crippen LogP) is 4.17. The summed E-state index contributed by atoms with van der Waals surface area (Å²) in [5.41, 5.74) is 1.43. The van der Waals surface area contributed by atoms with Crippen molar-refractivity contribution in [1.29, 1.82) is 0 Å². The number of carbonyl (C=O) groups is 1. The molecule has 8 heteroatoms. The molecule has 0 radical (unpaired) electrons. The number of amides is 1. The highest BCUT2D eigenvalue weighted by molar-refractivity contribution is 7.99. The number of nitrogens with one attached hydrogen (secondary N) is 1. The Morgan fingerprint density at radius 2 is 2.08 bits per heavy atom. The summed E-state index contributed by atoms with van der Waals surface area (Å²) in [5, 5.41) is 11.5. The minimum absolute atomic E-state index is 0.0803. The number of benzene rings is 1. The predicted molar refractivity (Wildman–Crippen MR) is 95.7 cm³/mol. The first kappa shape index (κ1) is 16.7. The van der Waals surface area contributed by atoms with Crippen LogP contribution in [0.15, 0.2) is 33.6 Å². The van der Waals surface area contributed by atoms with Gasteiger partial charge in [-0.3, -0.25) is 10.1 Å². The first-order chi connectivity index (χ1) is 11.6. The monoisotopic (exact) mass is 360 g/mol. The van der Waals surface area contributed by atoms with Gasteiger partial charge in [0.05, 0.1) is 16.3 Å². The summed E-state index contributed by atoms with van der Waals surface area (Å²) < 4.78 is 5.57. The Balaban J connectivity index is 1.80. The Morgan fingerprint density at radius 3 is 2.79 bits per heavy atom. The number of carbonyl (C=O) groups excluding carboxylic acids is 1. The number of rotatable bonds is 5. The second-order valence-corrected chi connectivity index (χ2v) is 7.45. The fraction of sp³-hybridized carbons (Fsp3) is 0.250. The zero-order valence-corrected chi connectivity index (χ0v) is 15.1. The van der Waals surface area contributed by atoms with Crippen LogP contribution in [0.4, 0.5) is 6.01 Å². The van der Waals surface area contributed by atoms with E-state index in [4.69, 9.17) is 4.42 Å². The van der Waals surface area contributed by atoms with Crippen LogP contribution in [-0.4, -0.2) is 26.8 Å². The first-order valence-electron chi connectivity index (χ1n) is 7.39. The summed E-state index contributed by atoms with van der Waals surface area (Å²) in [7, 11) is 0. The summed E-state index contributed by atoms with van der Waals surface area (Å²) in [6, 6.07) is 7.52. The minimum Gasteiger partial charge on any atom is -0.402 e. The number of aromatic nitrogens is 3. The number of hydrogen-bond donors (Lipinski definition) is 1. The van der Waals surface area contributed by atoms with Crippen molar-refractivity contribution in [2.75, 3.05) is 11.1 Å². The van der Waals surface area contributed by atoms with Crippen LogP contribution >= 0.6 is 23.1 Å². The molecule has 0 atom stereocenters. The van der Waals surface area contributed by atoms with Gasteiger partial charge in [0.2, 0.25) is 0 Å². The molecule has 0 spiro atoms. The number of nitrogens with zero attached hydrogens (tertiary/aromatic N) is 3. The highest BCUT2D eigenvalue weighted by Crippen LogP contribution is 2.29. The molecule has 2 aromatic heterocycles. The largest absolute Gasteiger partial charge is 0.402 e. The lowest BCUT2D eigenvalue weighted by Crippen LogP contribution is -2.13.